The molecule has 0 spiro atoms. The molecule has 0 unspecified atom stereocenters. The van der Waals surface area contributed by atoms with E-state index in [9.17, 15) is 18.7 Å². The summed E-state index contributed by atoms with van der Waals surface area (Å²) in [6.07, 6.45) is 0. The molecule has 1 amide bonds. The van der Waals surface area contributed by atoms with E-state index in [0.717, 1.165) is 6.07 Å². The van der Waals surface area contributed by atoms with Crippen molar-refractivity contribution in [2.75, 3.05) is 18.8 Å². The highest BCUT2D eigenvalue weighted by Crippen LogP contribution is 2.24. The summed E-state index contributed by atoms with van der Waals surface area (Å²) >= 11 is 0. The number of benzene rings is 1. The fourth-order valence-electron chi connectivity index (χ4n) is 1.82. The van der Waals surface area contributed by atoms with Gasteiger partial charge >= 0.3 is 0 Å². The first-order chi connectivity index (χ1) is 7.80. The lowest BCUT2D eigenvalue weighted by Gasteiger charge is -2.44. The van der Waals surface area contributed by atoms with Gasteiger partial charge in [-0.25, -0.2) is 8.78 Å². The molecule has 0 bridgehead atoms. The summed E-state index contributed by atoms with van der Waals surface area (Å²) in [6, 6.07) is 1.56. The molecular formula is C11H12F2N2O2. The Labute approximate surface area is 96.6 Å². The molecule has 1 aromatic rings. The number of nitrogens with two attached hydrogens (primary N) is 1. The van der Waals surface area contributed by atoms with E-state index in [0.29, 0.717) is 6.07 Å². The maximum Gasteiger partial charge on any atom is 0.257 e. The second-order valence-electron chi connectivity index (χ2n) is 4.51. The third-order valence-electron chi connectivity index (χ3n) is 2.67. The average molecular weight is 242 g/mol. The number of carbonyl (C=O) groups is 1. The summed E-state index contributed by atoms with van der Waals surface area (Å²) in [4.78, 5) is 13.1. The first-order valence-corrected chi connectivity index (χ1v) is 5.06. The zero-order valence-electron chi connectivity index (χ0n) is 9.20. The Balaban J connectivity index is 2.24. The molecule has 1 aliphatic heterocycles. The highest BCUT2D eigenvalue weighted by Gasteiger charge is 2.40. The van der Waals surface area contributed by atoms with Crippen LogP contribution in [0.2, 0.25) is 0 Å². The molecule has 0 atom stereocenters. The predicted octanol–water partition coefficient (Wildman–Crippen LogP) is 0.754. The number of likely N-dealkylation sites (tertiary alicyclic amines) is 1. The van der Waals surface area contributed by atoms with Crippen LogP contribution in [0.5, 0.6) is 0 Å². The predicted molar refractivity (Wildman–Crippen MR) is 57.3 cm³/mol. The van der Waals surface area contributed by atoms with Gasteiger partial charge in [0.1, 0.15) is 11.6 Å². The number of halogens is 2. The lowest BCUT2D eigenvalue weighted by Crippen LogP contribution is -2.61. The zero-order valence-corrected chi connectivity index (χ0v) is 9.20. The minimum absolute atomic E-state index is 0.128. The van der Waals surface area contributed by atoms with Crippen molar-refractivity contribution in [1.29, 1.82) is 0 Å². The molecule has 0 aliphatic carbocycles. The summed E-state index contributed by atoms with van der Waals surface area (Å²) in [5.41, 5.74) is 3.79. The van der Waals surface area contributed by atoms with Crippen molar-refractivity contribution in [3.05, 3.63) is 29.3 Å². The van der Waals surface area contributed by atoms with Gasteiger partial charge in [0, 0.05) is 6.07 Å². The van der Waals surface area contributed by atoms with Crippen molar-refractivity contribution in [2.24, 2.45) is 0 Å². The maximum atomic E-state index is 13.4. The topological polar surface area (TPSA) is 66.6 Å². The number of hydrogen-bond donors (Lipinski definition) is 2. The number of carbonyl (C=O) groups excluding carboxylic acids is 1. The van der Waals surface area contributed by atoms with Gasteiger partial charge < -0.3 is 15.7 Å². The standard InChI is InChI=1S/C11H12F2N2O2/c1-11(17)4-15(5-11)10(16)6-2-9(14)8(13)3-7(6)12/h2-3,17H,4-5,14H2,1H3. The number of nitrogens with zero attached hydrogens (tertiary/aromatic N) is 1. The fourth-order valence-corrected chi connectivity index (χ4v) is 1.82. The molecule has 0 aromatic heterocycles. The number of nitrogen functional groups attached to an aromatic ring is 1. The van der Waals surface area contributed by atoms with Crippen LogP contribution < -0.4 is 5.73 Å². The van der Waals surface area contributed by atoms with Crippen LogP contribution in [0.25, 0.3) is 0 Å². The molecule has 6 heteroatoms. The SMILES string of the molecule is CC1(O)CN(C(=O)c2cc(N)c(F)cc2F)C1. The van der Waals surface area contributed by atoms with E-state index in [1.165, 1.54) is 4.90 Å². The van der Waals surface area contributed by atoms with E-state index in [2.05, 4.69) is 0 Å². The second kappa shape index (κ2) is 3.66. The van der Waals surface area contributed by atoms with Crippen molar-refractivity contribution >= 4 is 11.6 Å². The number of rotatable bonds is 1. The smallest absolute Gasteiger partial charge is 0.257 e. The summed E-state index contributed by atoms with van der Waals surface area (Å²) in [5.74, 6) is -2.44. The van der Waals surface area contributed by atoms with Crippen LogP contribution in [0.4, 0.5) is 14.5 Å². The van der Waals surface area contributed by atoms with Gasteiger partial charge in [-0.1, -0.05) is 0 Å². The first kappa shape index (κ1) is 11.8. The van der Waals surface area contributed by atoms with Crippen LogP contribution in [-0.2, 0) is 0 Å². The number of aliphatic hydroxyl groups is 1. The fraction of sp³-hybridized carbons (Fsp3) is 0.364. The van der Waals surface area contributed by atoms with E-state index in [4.69, 9.17) is 5.73 Å². The molecule has 1 heterocycles. The molecule has 92 valence electrons. The quantitative estimate of drug-likeness (QED) is 0.714. The second-order valence-corrected chi connectivity index (χ2v) is 4.51. The highest BCUT2D eigenvalue weighted by molar-refractivity contribution is 5.96. The third kappa shape index (κ3) is 2.08. The highest BCUT2D eigenvalue weighted by atomic mass is 19.1. The average Bonchev–Trinajstić information content (AvgIpc) is 2.19. The number of hydrogen-bond acceptors (Lipinski definition) is 3. The minimum Gasteiger partial charge on any atom is -0.396 e. The Morgan fingerprint density at radius 1 is 1.41 bits per heavy atom. The van der Waals surface area contributed by atoms with Gasteiger partial charge in [0.05, 0.1) is 29.9 Å². The van der Waals surface area contributed by atoms with E-state index in [-0.39, 0.29) is 24.3 Å². The van der Waals surface area contributed by atoms with Crippen molar-refractivity contribution < 1.29 is 18.7 Å². The van der Waals surface area contributed by atoms with Crippen molar-refractivity contribution in [3.63, 3.8) is 0 Å². The summed E-state index contributed by atoms with van der Waals surface area (Å²) in [7, 11) is 0. The van der Waals surface area contributed by atoms with E-state index >= 15 is 0 Å². The van der Waals surface area contributed by atoms with Crippen molar-refractivity contribution in [3.8, 4) is 0 Å². The lowest BCUT2D eigenvalue weighted by molar-refractivity contribution is -0.0670. The van der Waals surface area contributed by atoms with Gasteiger partial charge in [-0.05, 0) is 13.0 Å². The molecule has 4 nitrogen and oxygen atoms in total. The number of β-amino-alcohol motifs (C(OH)–C–C–N with tert-alkyl or cyclic N) is 1. The van der Waals surface area contributed by atoms with Gasteiger partial charge in [0.15, 0.2) is 0 Å². The molecule has 1 aromatic carbocycles. The number of amides is 1. The number of anilines is 1. The van der Waals surface area contributed by atoms with Crippen LogP contribution in [0.15, 0.2) is 12.1 Å². The molecule has 17 heavy (non-hydrogen) atoms. The Morgan fingerprint density at radius 2 is 2.00 bits per heavy atom. The molecule has 1 fully saturated rings. The zero-order chi connectivity index (χ0) is 12.8. The van der Waals surface area contributed by atoms with E-state index in [1.807, 2.05) is 0 Å². The van der Waals surface area contributed by atoms with Crippen LogP contribution in [0.1, 0.15) is 17.3 Å². The summed E-state index contributed by atoms with van der Waals surface area (Å²) in [5, 5.41) is 9.48. The molecule has 2 rings (SSSR count). The summed E-state index contributed by atoms with van der Waals surface area (Å²) < 4.78 is 26.3. The maximum absolute atomic E-state index is 13.4. The third-order valence-corrected chi connectivity index (χ3v) is 2.67. The van der Waals surface area contributed by atoms with Gasteiger partial charge in [-0.2, -0.15) is 0 Å². The van der Waals surface area contributed by atoms with Crippen LogP contribution in [-0.4, -0.2) is 34.6 Å². The largest absolute Gasteiger partial charge is 0.396 e. The molecule has 0 saturated carbocycles. The van der Waals surface area contributed by atoms with Gasteiger partial charge in [0.25, 0.3) is 5.91 Å². The van der Waals surface area contributed by atoms with Crippen LogP contribution in [0.3, 0.4) is 0 Å². The Kier molecular flexibility index (Phi) is 2.54. The lowest BCUT2D eigenvalue weighted by atomic mass is 9.95. The molecular weight excluding hydrogens is 230 g/mol. The normalized spacial score (nSPS) is 17.8. The van der Waals surface area contributed by atoms with Crippen molar-refractivity contribution in [2.45, 2.75) is 12.5 Å². The van der Waals surface area contributed by atoms with Gasteiger partial charge in [-0.15, -0.1) is 0 Å². The molecule has 0 radical (unpaired) electrons. The summed E-state index contributed by atoms with van der Waals surface area (Å²) in [6.45, 7) is 1.83. The van der Waals surface area contributed by atoms with E-state index in [1.54, 1.807) is 6.92 Å². The van der Waals surface area contributed by atoms with E-state index < -0.39 is 23.1 Å². The van der Waals surface area contributed by atoms with Crippen LogP contribution in [0, 0.1) is 11.6 Å². The molecule has 1 saturated heterocycles. The monoisotopic (exact) mass is 242 g/mol. The van der Waals surface area contributed by atoms with Crippen molar-refractivity contribution in [1.82, 2.24) is 4.90 Å². The molecule has 1 aliphatic rings. The molecule has 3 N–H and O–H groups in total. The van der Waals surface area contributed by atoms with Gasteiger partial charge in [-0.3, -0.25) is 4.79 Å². The first-order valence-electron chi connectivity index (χ1n) is 5.06. The van der Waals surface area contributed by atoms with Gasteiger partial charge in [0.2, 0.25) is 0 Å². The minimum atomic E-state index is -0.951. The van der Waals surface area contributed by atoms with Crippen LogP contribution >= 0.6 is 0 Å². The Morgan fingerprint density at radius 3 is 2.53 bits per heavy atom. The Hall–Kier alpha value is -1.69. The Bertz CT molecular complexity index is 481.